The number of aromatic nitrogens is 1. The number of aryl methyl sites for hydroxylation is 1. The molecule has 134 valence electrons. The molecule has 1 aliphatic rings. The molecule has 1 aromatic heterocycles. The Morgan fingerprint density at radius 1 is 1.08 bits per heavy atom. The monoisotopic (exact) mass is 362 g/mol. The quantitative estimate of drug-likeness (QED) is 0.584. The third-order valence-corrected chi connectivity index (χ3v) is 6.25. The number of H-pyrrole nitrogens is 1. The molecule has 2 heterocycles. The van der Waals surface area contributed by atoms with Crippen molar-refractivity contribution >= 4 is 28.2 Å². The number of hydrogen-bond donors (Lipinski definition) is 1. The summed E-state index contributed by atoms with van der Waals surface area (Å²) in [6.45, 7) is 5.64. The first kappa shape index (κ1) is 17.4. The Morgan fingerprint density at radius 3 is 2.77 bits per heavy atom. The van der Waals surface area contributed by atoms with Gasteiger partial charge in [0.05, 0.1) is 0 Å². The van der Waals surface area contributed by atoms with Crippen LogP contribution < -0.4 is 0 Å². The van der Waals surface area contributed by atoms with Gasteiger partial charge in [-0.2, -0.15) is 11.8 Å². The zero-order valence-corrected chi connectivity index (χ0v) is 16.2. The summed E-state index contributed by atoms with van der Waals surface area (Å²) in [5.41, 5.74) is 7.01. The third-order valence-electron chi connectivity index (χ3n) is 5.27. The van der Waals surface area contributed by atoms with Crippen LogP contribution in [0.4, 0.5) is 0 Å². The molecule has 0 bridgehead atoms. The molecule has 0 spiro atoms. The van der Waals surface area contributed by atoms with E-state index in [1.54, 1.807) is 0 Å². The van der Waals surface area contributed by atoms with E-state index in [2.05, 4.69) is 77.6 Å². The zero-order chi connectivity index (χ0) is 17.8. The molecule has 2 nitrogen and oxygen atoms in total. The van der Waals surface area contributed by atoms with Crippen LogP contribution in [0.25, 0.3) is 16.5 Å². The lowest BCUT2D eigenvalue weighted by Gasteiger charge is -2.26. The minimum Gasteiger partial charge on any atom is -0.361 e. The van der Waals surface area contributed by atoms with Crippen molar-refractivity contribution in [1.82, 2.24) is 9.88 Å². The van der Waals surface area contributed by atoms with Crippen molar-refractivity contribution in [1.29, 1.82) is 0 Å². The summed E-state index contributed by atoms with van der Waals surface area (Å²) in [4.78, 5) is 5.95. The lowest BCUT2D eigenvalue weighted by atomic mass is 9.96. The lowest BCUT2D eigenvalue weighted by molar-refractivity contribution is 0.321. The van der Waals surface area contributed by atoms with Crippen LogP contribution in [0.3, 0.4) is 0 Å². The number of para-hydroxylation sites is 1. The maximum atomic E-state index is 3.37. The number of aromatic amines is 1. The summed E-state index contributed by atoms with van der Waals surface area (Å²) in [6.07, 6.45) is 5.75. The topological polar surface area (TPSA) is 19.0 Å². The van der Waals surface area contributed by atoms with Crippen LogP contribution in [0, 0.1) is 6.92 Å². The fraction of sp³-hybridized carbons (Fsp3) is 0.304. The summed E-state index contributed by atoms with van der Waals surface area (Å²) in [6, 6.07) is 17.3. The van der Waals surface area contributed by atoms with E-state index >= 15 is 0 Å². The Labute approximate surface area is 160 Å². The van der Waals surface area contributed by atoms with Crippen LogP contribution in [0.5, 0.6) is 0 Å². The van der Waals surface area contributed by atoms with Crippen LogP contribution in [0.15, 0.2) is 60.8 Å². The highest BCUT2D eigenvalue weighted by atomic mass is 32.2. The van der Waals surface area contributed by atoms with Crippen molar-refractivity contribution in [2.24, 2.45) is 0 Å². The van der Waals surface area contributed by atoms with E-state index in [1.165, 1.54) is 52.0 Å². The van der Waals surface area contributed by atoms with Gasteiger partial charge in [-0.3, -0.25) is 4.90 Å². The van der Waals surface area contributed by atoms with Crippen LogP contribution in [0.1, 0.15) is 23.1 Å². The van der Waals surface area contributed by atoms with Crippen molar-refractivity contribution in [2.45, 2.75) is 19.1 Å². The number of fused-ring (bicyclic) bond motifs is 1. The van der Waals surface area contributed by atoms with Gasteiger partial charge in [-0.05, 0) is 41.7 Å². The molecule has 0 saturated carbocycles. The molecule has 1 N–H and O–H groups in total. The van der Waals surface area contributed by atoms with Gasteiger partial charge in [-0.15, -0.1) is 0 Å². The van der Waals surface area contributed by atoms with E-state index in [9.17, 15) is 0 Å². The van der Waals surface area contributed by atoms with E-state index in [1.807, 2.05) is 11.8 Å². The van der Waals surface area contributed by atoms with Crippen molar-refractivity contribution < 1.29 is 0 Å². The predicted octanol–water partition coefficient (Wildman–Crippen LogP) is 5.50. The fourth-order valence-corrected chi connectivity index (χ4v) is 4.71. The van der Waals surface area contributed by atoms with Crippen molar-refractivity contribution in [3.63, 3.8) is 0 Å². The predicted molar refractivity (Wildman–Crippen MR) is 115 cm³/mol. The summed E-state index contributed by atoms with van der Waals surface area (Å²) < 4.78 is 0. The molecule has 0 saturated heterocycles. The molecule has 0 aliphatic carbocycles. The van der Waals surface area contributed by atoms with Crippen molar-refractivity contribution in [2.75, 3.05) is 25.4 Å². The van der Waals surface area contributed by atoms with Gasteiger partial charge in [0.1, 0.15) is 0 Å². The van der Waals surface area contributed by atoms with E-state index < -0.39 is 0 Å². The molecule has 0 radical (unpaired) electrons. The summed E-state index contributed by atoms with van der Waals surface area (Å²) in [5, 5.41) is 1.36. The van der Waals surface area contributed by atoms with Crippen molar-refractivity contribution in [3.8, 4) is 0 Å². The number of hydrogen-bond acceptors (Lipinski definition) is 2. The van der Waals surface area contributed by atoms with Gasteiger partial charge in [0, 0.05) is 48.2 Å². The minimum absolute atomic E-state index is 1.08. The van der Waals surface area contributed by atoms with Gasteiger partial charge in [-0.25, -0.2) is 0 Å². The highest BCUT2D eigenvalue weighted by Crippen LogP contribution is 2.26. The molecule has 3 aromatic rings. The van der Waals surface area contributed by atoms with E-state index in [0.29, 0.717) is 0 Å². The van der Waals surface area contributed by atoms with Gasteiger partial charge in [0.15, 0.2) is 0 Å². The second-order valence-electron chi connectivity index (χ2n) is 7.01. The highest BCUT2D eigenvalue weighted by molar-refractivity contribution is 7.98. The second-order valence-corrected chi connectivity index (χ2v) is 8.11. The number of nitrogens with zero attached hydrogens (tertiary/aromatic N) is 1. The number of rotatable bonds is 6. The standard InChI is InChI=1S/C23H26N2S/c1-18-6-2-3-7-21(18)19-10-12-25(13-11-19)14-15-26-17-20-16-24-23-9-5-4-8-22(20)23/h2-10,16,24H,11-15,17H2,1H3. The summed E-state index contributed by atoms with van der Waals surface area (Å²) in [5.74, 6) is 2.27. The number of benzene rings is 2. The Bertz CT molecular complexity index is 909. The third kappa shape index (κ3) is 3.89. The molecule has 26 heavy (non-hydrogen) atoms. The first-order valence-corrected chi connectivity index (χ1v) is 10.6. The molecule has 4 rings (SSSR count). The Morgan fingerprint density at radius 2 is 1.92 bits per heavy atom. The first-order chi connectivity index (χ1) is 12.8. The van der Waals surface area contributed by atoms with Crippen LogP contribution >= 0.6 is 11.8 Å². The van der Waals surface area contributed by atoms with E-state index in [-0.39, 0.29) is 0 Å². The fourth-order valence-electron chi connectivity index (χ4n) is 3.72. The summed E-state index contributed by atoms with van der Waals surface area (Å²) >= 11 is 2.04. The van der Waals surface area contributed by atoms with Crippen LogP contribution in [-0.4, -0.2) is 35.3 Å². The molecule has 1 aliphatic heterocycles. The normalized spacial score (nSPS) is 15.3. The first-order valence-electron chi connectivity index (χ1n) is 9.41. The molecule has 0 atom stereocenters. The molecule has 0 unspecified atom stereocenters. The van der Waals surface area contributed by atoms with Gasteiger partial charge in [0.2, 0.25) is 0 Å². The van der Waals surface area contributed by atoms with E-state index in [4.69, 9.17) is 0 Å². The van der Waals surface area contributed by atoms with Crippen LogP contribution in [-0.2, 0) is 5.75 Å². The molecule has 2 aromatic carbocycles. The van der Waals surface area contributed by atoms with Crippen LogP contribution in [0.2, 0.25) is 0 Å². The van der Waals surface area contributed by atoms with Gasteiger partial charge in [-0.1, -0.05) is 48.5 Å². The molecule has 0 fully saturated rings. The molecule has 0 amide bonds. The number of thioether (sulfide) groups is 1. The average molecular weight is 363 g/mol. The number of nitrogens with one attached hydrogen (secondary N) is 1. The Kier molecular flexibility index (Phi) is 5.47. The van der Waals surface area contributed by atoms with Gasteiger partial charge < -0.3 is 4.98 Å². The van der Waals surface area contributed by atoms with Crippen molar-refractivity contribution in [3.05, 3.63) is 77.5 Å². The minimum atomic E-state index is 1.08. The largest absolute Gasteiger partial charge is 0.361 e. The maximum absolute atomic E-state index is 3.37. The molecular formula is C23H26N2S. The maximum Gasteiger partial charge on any atom is 0.0457 e. The Hall–Kier alpha value is -1.97. The second kappa shape index (κ2) is 8.15. The SMILES string of the molecule is Cc1ccccc1C1=CCN(CCSCc2c[nH]c3ccccc23)CC1. The smallest absolute Gasteiger partial charge is 0.0457 e. The zero-order valence-electron chi connectivity index (χ0n) is 15.4. The Balaban J connectivity index is 1.26. The van der Waals surface area contributed by atoms with Gasteiger partial charge >= 0.3 is 0 Å². The van der Waals surface area contributed by atoms with Gasteiger partial charge in [0.25, 0.3) is 0 Å². The lowest BCUT2D eigenvalue weighted by Crippen LogP contribution is -2.30. The molecule has 3 heteroatoms. The summed E-state index contributed by atoms with van der Waals surface area (Å²) in [7, 11) is 0. The highest BCUT2D eigenvalue weighted by Gasteiger charge is 2.13. The average Bonchev–Trinajstić information content (AvgIpc) is 3.09. The van der Waals surface area contributed by atoms with E-state index in [0.717, 1.165) is 18.7 Å². The molecular weight excluding hydrogens is 336 g/mol.